The van der Waals surface area contributed by atoms with Crippen LogP contribution in [0.3, 0.4) is 0 Å². The lowest BCUT2D eigenvalue weighted by atomic mass is 10.0. The maximum atomic E-state index is 13.0. The Balaban J connectivity index is 3.97. The Kier molecular flexibility index (Phi) is 52.1. The van der Waals surface area contributed by atoms with Crippen molar-refractivity contribution in [1.29, 1.82) is 0 Å². The normalized spacial score (nSPS) is 14.0. The average Bonchev–Trinajstić information content (AvgIpc) is 3.32. The van der Waals surface area contributed by atoms with Gasteiger partial charge < -0.3 is 19.8 Å². The van der Waals surface area contributed by atoms with Gasteiger partial charge >= 0.3 is 7.82 Å². The molecule has 0 bridgehead atoms. The zero-order valence-electron chi connectivity index (χ0n) is 47.5. The molecule has 416 valence electrons. The lowest BCUT2D eigenvalue weighted by Crippen LogP contribution is -2.46. The molecule has 0 aliphatic heterocycles. The standard InChI is InChI=1S/C61H121N2O6P/c1-6-8-10-12-14-16-18-20-22-23-24-25-26-27-28-29-30-31-32-33-34-35-36-37-38-39-41-43-45-47-49-51-53-55-61(65)62-59(58-69-70(66,67)68-57-56-63(3,4)5)60(64)54-52-50-48-46-44-42-40-21-19-17-15-13-11-9-7-2/h18,20,23-24,59-60,64H,6-17,19,21-22,25-58H2,1-5H3,(H-,62,65,66,67)/p+1/b20-18-,24-23-. The number of hydrogen-bond acceptors (Lipinski definition) is 5. The van der Waals surface area contributed by atoms with Crippen LogP contribution in [0.4, 0.5) is 0 Å². The van der Waals surface area contributed by atoms with Crippen LogP contribution < -0.4 is 5.32 Å². The summed E-state index contributed by atoms with van der Waals surface area (Å²) in [5.74, 6) is -0.138. The van der Waals surface area contributed by atoms with Gasteiger partial charge in [-0.15, -0.1) is 0 Å². The van der Waals surface area contributed by atoms with Crippen LogP contribution in [0.5, 0.6) is 0 Å². The van der Waals surface area contributed by atoms with Gasteiger partial charge in [0, 0.05) is 6.42 Å². The molecule has 0 saturated carbocycles. The van der Waals surface area contributed by atoms with E-state index in [1.165, 1.54) is 238 Å². The van der Waals surface area contributed by atoms with Crippen molar-refractivity contribution in [2.24, 2.45) is 0 Å². The van der Waals surface area contributed by atoms with E-state index in [1.807, 2.05) is 21.1 Å². The SMILES string of the molecule is CCCCCCC/C=C\C/C=C\CCCCCCCCCCCCCCCCCCCCCCCC(=O)NC(COP(=O)(O)OCC[N+](C)(C)C)C(O)CCCCCCCCCCCCCCCCC. The highest BCUT2D eigenvalue weighted by Crippen LogP contribution is 2.43. The molecule has 8 nitrogen and oxygen atoms in total. The summed E-state index contributed by atoms with van der Waals surface area (Å²) in [7, 11) is 1.63. The molecule has 0 aliphatic rings. The molecule has 0 heterocycles. The predicted octanol–water partition coefficient (Wildman–Crippen LogP) is 18.8. The molecule has 1 amide bonds. The van der Waals surface area contributed by atoms with Gasteiger partial charge in [-0.25, -0.2) is 4.57 Å². The molecule has 3 atom stereocenters. The maximum Gasteiger partial charge on any atom is 0.472 e. The van der Waals surface area contributed by atoms with Crippen LogP contribution in [0.2, 0.25) is 0 Å². The number of phosphoric ester groups is 1. The number of aliphatic hydroxyl groups is 1. The van der Waals surface area contributed by atoms with Gasteiger partial charge in [-0.2, -0.15) is 0 Å². The Hall–Kier alpha value is -1.02. The summed E-state index contributed by atoms with van der Waals surface area (Å²) in [6, 6.07) is -0.757. The molecule has 0 saturated heterocycles. The zero-order valence-corrected chi connectivity index (χ0v) is 48.4. The second-order valence-electron chi connectivity index (χ2n) is 22.4. The van der Waals surface area contributed by atoms with Gasteiger partial charge in [-0.3, -0.25) is 13.8 Å². The first-order valence-corrected chi connectivity index (χ1v) is 32.2. The maximum absolute atomic E-state index is 13.0. The largest absolute Gasteiger partial charge is 0.472 e. The Morgan fingerprint density at radius 3 is 1.17 bits per heavy atom. The van der Waals surface area contributed by atoms with Crippen molar-refractivity contribution in [2.45, 2.75) is 321 Å². The summed E-state index contributed by atoms with van der Waals surface area (Å²) < 4.78 is 23.8. The molecule has 0 aromatic rings. The van der Waals surface area contributed by atoms with E-state index in [0.29, 0.717) is 23.9 Å². The first kappa shape index (κ1) is 69.0. The van der Waals surface area contributed by atoms with Crippen molar-refractivity contribution in [2.75, 3.05) is 40.9 Å². The molecular weight excluding hydrogens is 888 g/mol. The molecule has 0 aliphatic carbocycles. The van der Waals surface area contributed by atoms with Gasteiger partial charge in [0.15, 0.2) is 0 Å². The van der Waals surface area contributed by atoms with Crippen molar-refractivity contribution in [3.63, 3.8) is 0 Å². The van der Waals surface area contributed by atoms with Gasteiger partial charge in [0.05, 0.1) is 39.9 Å². The molecule has 0 fully saturated rings. The fraction of sp³-hybridized carbons (Fsp3) is 0.918. The predicted molar refractivity (Wildman–Crippen MR) is 305 cm³/mol. The lowest BCUT2D eigenvalue weighted by molar-refractivity contribution is -0.870. The molecule has 0 rings (SSSR count). The number of likely N-dealkylation sites (N-methyl/N-ethyl adjacent to an activating group) is 1. The van der Waals surface area contributed by atoms with Gasteiger partial charge in [0.25, 0.3) is 0 Å². The molecule has 0 aromatic heterocycles. The van der Waals surface area contributed by atoms with E-state index in [0.717, 1.165) is 44.9 Å². The van der Waals surface area contributed by atoms with Crippen LogP contribution in [0.15, 0.2) is 24.3 Å². The van der Waals surface area contributed by atoms with Crippen LogP contribution in [-0.2, 0) is 18.4 Å². The summed E-state index contributed by atoms with van der Waals surface area (Å²) in [6.45, 7) is 4.92. The van der Waals surface area contributed by atoms with Crippen LogP contribution in [-0.4, -0.2) is 73.4 Å². The summed E-state index contributed by atoms with van der Waals surface area (Å²) >= 11 is 0. The van der Waals surface area contributed by atoms with E-state index in [2.05, 4.69) is 43.5 Å². The minimum Gasteiger partial charge on any atom is -0.391 e. The summed E-state index contributed by atoms with van der Waals surface area (Å²) in [6.07, 6.45) is 66.8. The van der Waals surface area contributed by atoms with Crippen molar-refractivity contribution in [3.05, 3.63) is 24.3 Å². The Bertz CT molecular complexity index is 1190. The van der Waals surface area contributed by atoms with Crippen molar-refractivity contribution in [3.8, 4) is 0 Å². The third kappa shape index (κ3) is 54.7. The Labute approximate surface area is 436 Å². The summed E-state index contributed by atoms with van der Waals surface area (Å²) in [5, 5.41) is 14.1. The number of nitrogens with zero attached hydrogens (tertiary/aromatic N) is 1. The van der Waals surface area contributed by atoms with Crippen molar-refractivity contribution < 1.29 is 32.9 Å². The topological polar surface area (TPSA) is 105 Å². The fourth-order valence-electron chi connectivity index (χ4n) is 9.37. The number of unbranched alkanes of at least 4 members (excludes halogenated alkanes) is 40. The molecule has 3 unspecified atom stereocenters. The highest BCUT2D eigenvalue weighted by atomic mass is 31.2. The third-order valence-corrected chi connectivity index (χ3v) is 15.2. The minimum absolute atomic E-state index is 0.0773. The quantitative estimate of drug-likeness (QED) is 0.0243. The first-order valence-electron chi connectivity index (χ1n) is 30.7. The van der Waals surface area contributed by atoms with Crippen LogP contribution in [0.25, 0.3) is 0 Å². The first-order chi connectivity index (χ1) is 34.0. The summed E-state index contributed by atoms with van der Waals surface area (Å²) in [4.78, 5) is 23.3. The highest BCUT2D eigenvalue weighted by molar-refractivity contribution is 7.47. The van der Waals surface area contributed by atoms with Crippen LogP contribution in [0.1, 0.15) is 309 Å². The molecule has 0 spiro atoms. The fourth-order valence-corrected chi connectivity index (χ4v) is 10.1. The number of hydrogen-bond donors (Lipinski definition) is 3. The smallest absolute Gasteiger partial charge is 0.391 e. The number of carbonyl (C=O) groups is 1. The molecular formula is C61H122N2O6P+. The number of aliphatic hydroxyl groups excluding tert-OH is 1. The molecule has 0 radical (unpaired) electrons. The van der Waals surface area contributed by atoms with Gasteiger partial charge in [-0.05, 0) is 44.9 Å². The molecule has 70 heavy (non-hydrogen) atoms. The number of amides is 1. The van der Waals surface area contributed by atoms with E-state index < -0.39 is 20.0 Å². The summed E-state index contributed by atoms with van der Waals surface area (Å²) in [5.41, 5.74) is 0. The van der Waals surface area contributed by atoms with Crippen LogP contribution in [0, 0.1) is 0 Å². The molecule has 9 heteroatoms. The number of allylic oxidation sites excluding steroid dienone is 4. The third-order valence-electron chi connectivity index (χ3n) is 14.2. The Morgan fingerprint density at radius 1 is 0.486 bits per heavy atom. The average molecular weight is 1010 g/mol. The van der Waals surface area contributed by atoms with E-state index in [9.17, 15) is 19.4 Å². The minimum atomic E-state index is -4.32. The van der Waals surface area contributed by atoms with Crippen molar-refractivity contribution >= 4 is 13.7 Å². The van der Waals surface area contributed by atoms with Gasteiger partial charge in [0.2, 0.25) is 5.91 Å². The zero-order chi connectivity index (χ0) is 51.3. The van der Waals surface area contributed by atoms with E-state index in [4.69, 9.17) is 9.05 Å². The lowest BCUT2D eigenvalue weighted by Gasteiger charge is -2.26. The molecule has 3 N–H and O–H groups in total. The Morgan fingerprint density at radius 2 is 0.814 bits per heavy atom. The monoisotopic (exact) mass is 1010 g/mol. The number of rotatable bonds is 57. The number of phosphoric acid groups is 1. The van der Waals surface area contributed by atoms with E-state index in [1.54, 1.807) is 0 Å². The molecule has 0 aromatic carbocycles. The number of nitrogens with one attached hydrogen (secondary N) is 1. The van der Waals surface area contributed by atoms with E-state index >= 15 is 0 Å². The second kappa shape index (κ2) is 52.8. The van der Waals surface area contributed by atoms with Crippen LogP contribution >= 0.6 is 7.82 Å². The second-order valence-corrected chi connectivity index (χ2v) is 23.9. The highest BCUT2D eigenvalue weighted by Gasteiger charge is 2.28. The van der Waals surface area contributed by atoms with Gasteiger partial charge in [0.1, 0.15) is 13.2 Å². The van der Waals surface area contributed by atoms with Gasteiger partial charge in [-0.1, -0.05) is 282 Å². The number of quaternary nitrogens is 1. The van der Waals surface area contributed by atoms with Crippen molar-refractivity contribution in [1.82, 2.24) is 5.32 Å². The van der Waals surface area contributed by atoms with E-state index in [-0.39, 0.29) is 19.1 Å². The number of carbonyl (C=O) groups excluding carboxylic acids is 1.